The lowest BCUT2D eigenvalue weighted by molar-refractivity contribution is 1.36. The van der Waals surface area contributed by atoms with E-state index in [1.54, 1.807) is 11.8 Å². The summed E-state index contributed by atoms with van der Waals surface area (Å²) in [5.41, 5.74) is 3.99. The van der Waals surface area contributed by atoms with Crippen LogP contribution in [0.2, 0.25) is 0 Å². The van der Waals surface area contributed by atoms with E-state index in [-0.39, 0.29) is 0 Å². The molecule has 4 aromatic rings. The van der Waals surface area contributed by atoms with E-state index in [1.807, 2.05) is 72.8 Å². The predicted octanol–water partition coefficient (Wildman–Crippen LogP) is 8.16. The number of hydrogen-bond acceptors (Lipinski definition) is 1. The highest BCUT2D eigenvalue weighted by molar-refractivity contribution is 9.10. The van der Waals surface area contributed by atoms with Crippen molar-refractivity contribution in [1.29, 1.82) is 0 Å². The van der Waals surface area contributed by atoms with Gasteiger partial charge in [-0.05, 0) is 72.8 Å². The van der Waals surface area contributed by atoms with Crippen LogP contribution in [0.1, 0.15) is 22.3 Å². The van der Waals surface area contributed by atoms with Crippen molar-refractivity contribution in [3.63, 3.8) is 0 Å². The second-order valence-electron chi connectivity index (χ2n) is 6.61. The van der Waals surface area contributed by atoms with E-state index in [2.05, 4.69) is 79.8 Å². The molecule has 4 aromatic carbocycles. The fourth-order valence-corrected chi connectivity index (χ4v) is 4.30. The lowest BCUT2D eigenvalue weighted by atomic mass is 10.2. The molecule has 3 heteroatoms. The molecule has 0 unspecified atom stereocenters. The average molecular weight is 544 g/mol. The summed E-state index contributed by atoms with van der Waals surface area (Å²) in [6, 6.07) is 32.5. The summed E-state index contributed by atoms with van der Waals surface area (Å²) in [5, 5.41) is 0. The Morgan fingerprint density at radius 1 is 0.452 bits per heavy atom. The van der Waals surface area contributed by atoms with Crippen molar-refractivity contribution in [2.24, 2.45) is 0 Å². The third-order valence-electron chi connectivity index (χ3n) is 4.37. The normalized spacial score (nSPS) is 9.87. The third-order valence-corrected chi connectivity index (χ3v) is 6.57. The summed E-state index contributed by atoms with van der Waals surface area (Å²) in [5.74, 6) is 13.2. The van der Waals surface area contributed by atoms with Crippen LogP contribution in [0.25, 0.3) is 0 Å². The van der Waals surface area contributed by atoms with Crippen molar-refractivity contribution >= 4 is 43.6 Å². The van der Waals surface area contributed by atoms with E-state index in [0.717, 1.165) is 41.0 Å². The molecule has 4 rings (SSSR count). The second kappa shape index (κ2) is 10.6. The van der Waals surface area contributed by atoms with E-state index in [9.17, 15) is 0 Å². The highest BCUT2D eigenvalue weighted by Crippen LogP contribution is 2.32. The SMILES string of the molecule is Brc1ccc(C#Cc2ccccc2Sc2ccccc2C#Cc2ccc(Br)cc2)cc1. The van der Waals surface area contributed by atoms with Crippen molar-refractivity contribution in [2.75, 3.05) is 0 Å². The van der Waals surface area contributed by atoms with Gasteiger partial charge in [0.2, 0.25) is 0 Å². The fraction of sp³-hybridized carbons (Fsp3) is 0. The van der Waals surface area contributed by atoms with E-state index in [4.69, 9.17) is 0 Å². The smallest absolute Gasteiger partial charge is 0.0388 e. The molecule has 0 nitrogen and oxygen atoms in total. The maximum absolute atomic E-state index is 3.46. The van der Waals surface area contributed by atoms with E-state index >= 15 is 0 Å². The Morgan fingerprint density at radius 3 is 1.26 bits per heavy atom. The molecule has 0 saturated heterocycles. The molecule has 0 heterocycles. The monoisotopic (exact) mass is 542 g/mol. The Labute approximate surface area is 204 Å². The zero-order valence-electron chi connectivity index (χ0n) is 16.4. The molecule has 0 amide bonds. The molecule has 0 aliphatic rings. The molecule has 0 saturated carbocycles. The molecule has 148 valence electrons. The first kappa shape index (κ1) is 21.5. The molecule has 0 aromatic heterocycles. The third kappa shape index (κ3) is 6.16. The van der Waals surface area contributed by atoms with Gasteiger partial charge in [-0.1, -0.05) is 91.6 Å². The first-order chi connectivity index (χ1) is 15.2. The van der Waals surface area contributed by atoms with Crippen molar-refractivity contribution in [3.8, 4) is 23.7 Å². The summed E-state index contributed by atoms with van der Waals surface area (Å²) in [6.07, 6.45) is 0. The number of benzene rings is 4. The number of rotatable bonds is 2. The number of hydrogen-bond donors (Lipinski definition) is 0. The van der Waals surface area contributed by atoms with Crippen LogP contribution in [0.15, 0.2) is 116 Å². The van der Waals surface area contributed by atoms with Crippen molar-refractivity contribution in [3.05, 3.63) is 128 Å². The topological polar surface area (TPSA) is 0 Å². The largest absolute Gasteiger partial charge is 0.0875 e. The molecule has 0 spiro atoms. The van der Waals surface area contributed by atoms with Crippen molar-refractivity contribution in [2.45, 2.75) is 9.79 Å². The lowest BCUT2D eigenvalue weighted by Gasteiger charge is -2.06. The summed E-state index contributed by atoms with van der Waals surface area (Å²) in [4.78, 5) is 2.23. The van der Waals surface area contributed by atoms with Gasteiger partial charge in [-0.3, -0.25) is 0 Å². The summed E-state index contributed by atoms with van der Waals surface area (Å²) < 4.78 is 2.10. The van der Waals surface area contributed by atoms with Crippen LogP contribution in [0, 0.1) is 23.7 Å². The maximum Gasteiger partial charge on any atom is 0.0388 e. The minimum Gasteiger partial charge on any atom is -0.0875 e. The van der Waals surface area contributed by atoms with Gasteiger partial charge in [0, 0.05) is 41.0 Å². The molecular weight excluding hydrogens is 528 g/mol. The first-order valence-corrected chi connectivity index (χ1v) is 12.0. The van der Waals surface area contributed by atoms with Crippen molar-refractivity contribution in [1.82, 2.24) is 0 Å². The van der Waals surface area contributed by atoms with Crippen LogP contribution < -0.4 is 0 Å². The maximum atomic E-state index is 3.46. The molecule has 0 atom stereocenters. The Balaban J connectivity index is 1.61. The lowest BCUT2D eigenvalue weighted by Crippen LogP contribution is -1.85. The van der Waals surface area contributed by atoms with Gasteiger partial charge >= 0.3 is 0 Å². The van der Waals surface area contributed by atoms with Gasteiger partial charge in [-0.15, -0.1) is 0 Å². The predicted molar refractivity (Wildman–Crippen MR) is 137 cm³/mol. The average Bonchev–Trinajstić information content (AvgIpc) is 2.80. The van der Waals surface area contributed by atoms with Crippen molar-refractivity contribution < 1.29 is 0 Å². The van der Waals surface area contributed by atoms with Gasteiger partial charge in [-0.25, -0.2) is 0 Å². The van der Waals surface area contributed by atoms with E-state index < -0.39 is 0 Å². The molecule has 0 N–H and O–H groups in total. The van der Waals surface area contributed by atoms with Crippen LogP contribution >= 0.6 is 43.6 Å². The highest BCUT2D eigenvalue weighted by Gasteiger charge is 2.05. The first-order valence-electron chi connectivity index (χ1n) is 9.58. The Morgan fingerprint density at radius 2 is 0.839 bits per heavy atom. The summed E-state index contributed by atoms with van der Waals surface area (Å²) >= 11 is 8.62. The zero-order valence-corrected chi connectivity index (χ0v) is 20.4. The second-order valence-corrected chi connectivity index (χ2v) is 9.52. The molecule has 0 bridgehead atoms. The van der Waals surface area contributed by atoms with Gasteiger partial charge in [0.15, 0.2) is 0 Å². The van der Waals surface area contributed by atoms with Crippen LogP contribution in [0.3, 0.4) is 0 Å². The Kier molecular flexibility index (Phi) is 7.34. The van der Waals surface area contributed by atoms with Gasteiger partial charge in [0.1, 0.15) is 0 Å². The molecule has 0 fully saturated rings. The molecule has 31 heavy (non-hydrogen) atoms. The van der Waals surface area contributed by atoms with Crippen LogP contribution in [0.5, 0.6) is 0 Å². The van der Waals surface area contributed by atoms with Gasteiger partial charge in [-0.2, -0.15) is 0 Å². The minimum absolute atomic E-state index is 0.990. The Hall–Kier alpha value is -2.69. The molecular formula is C28H16Br2S. The quantitative estimate of drug-likeness (QED) is 0.230. The van der Waals surface area contributed by atoms with Crippen LogP contribution in [-0.4, -0.2) is 0 Å². The summed E-state index contributed by atoms with van der Waals surface area (Å²) in [6.45, 7) is 0. The minimum atomic E-state index is 0.990. The number of halogens is 2. The standard InChI is InChI=1S/C28H16Br2S/c29-25-17-11-21(12-18-25)9-15-23-5-1-3-7-27(23)31-28-8-4-2-6-24(28)16-10-22-13-19-26(30)20-14-22/h1-8,11-14,17-20H. The highest BCUT2D eigenvalue weighted by atomic mass is 79.9. The summed E-state index contributed by atoms with van der Waals surface area (Å²) in [7, 11) is 0. The molecule has 0 radical (unpaired) electrons. The van der Waals surface area contributed by atoms with Gasteiger partial charge in [0.25, 0.3) is 0 Å². The molecule has 0 aliphatic carbocycles. The van der Waals surface area contributed by atoms with Gasteiger partial charge < -0.3 is 0 Å². The van der Waals surface area contributed by atoms with E-state index in [1.165, 1.54) is 0 Å². The van der Waals surface area contributed by atoms with Gasteiger partial charge in [0.05, 0.1) is 0 Å². The van der Waals surface area contributed by atoms with E-state index in [0.29, 0.717) is 0 Å². The van der Waals surface area contributed by atoms with Crippen LogP contribution in [0.4, 0.5) is 0 Å². The fourth-order valence-electron chi connectivity index (χ4n) is 2.78. The zero-order chi connectivity index (χ0) is 21.5. The van der Waals surface area contributed by atoms with Crippen LogP contribution in [-0.2, 0) is 0 Å². The molecule has 0 aliphatic heterocycles. The Bertz CT molecular complexity index is 1210.